The molecule has 0 unspecified atom stereocenters. The Morgan fingerprint density at radius 1 is 1.37 bits per heavy atom. The van der Waals surface area contributed by atoms with Crippen molar-refractivity contribution in [1.82, 2.24) is 5.48 Å². The summed E-state index contributed by atoms with van der Waals surface area (Å²) in [5.74, 6) is 0.0974. The number of halogens is 2. The van der Waals surface area contributed by atoms with E-state index in [0.717, 1.165) is 17.7 Å². The van der Waals surface area contributed by atoms with E-state index in [-0.39, 0.29) is 17.8 Å². The van der Waals surface area contributed by atoms with Crippen LogP contribution in [-0.4, -0.2) is 17.8 Å². The second-order valence-corrected chi connectivity index (χ2v) is 6.27. The molecule has 19 heavy (non-hydrogen) atoms. The van der Waals surface area contributed by atoms with E-state index in [9.17, 15) is 4.79 Å². The van der Waals surface area contributed by atoms with Crippen molar-refractivity contribution in [2.24, 2.45) is 0 Å². The first-order valence-electron chi connectivity index (χ1n) is 6.17. The summed E-state index contributed by atoms with van der Waals surface area (Å²) >= 11 is 13.2. The van der Waals surface area contributed by atoms with Crippen LogP contribution < -0.4 is 5.48 Å². The zero-order valence-electron chi connectivity index (χ0n) is 10.3. The van der Waals surface area contributed by atoms with Gasteiger partial charge in [0.15, 0.2) is 0 Å². The molecular weight excluding hydrogens is 305 g/mol. The summed E-state index contributed by atoms with van der Waals surface area (Å²) in [5.41, 5.74) is 2.49. The van der Waals surface area contributed by atoms with Crippen molar-refractivity contribution in [3.05, 3.63) is 28.2 Å². The van der Waals surface area contributed by atoms with Gasteiger partial charge in [0.05, 0.1) is 16.9 Å². The molecule has 1 aromatic carbocycles. The molecule has 104 valence electrons. The predicted octanol–water partition coefficient (Wildman–Crippen LogP) is 4.08. The molecule has 1 amide bonds. The largest absolute Gasteiger partial charge is 0.272 e. The van der Waals surface area contributed by atoms with Crippen LogP contribution in [0.5, 0.6) is 0 Å². The van der Waals surface area contributed by atoms with Gasteiger partial charge in [0, 0.05) is 9.92 Å². The maximum atomic E-state index is 11.6. The molecule has 0 heterocycles. The van der Waals surface area contributed by atoms with Crippen LogP contribution in [0.25, 0.3) is 0 Å². The van der Waals surface area contributed by atoms with Crippen LogP contribution in [0.3, 0.4) is 0 Å². The Morgan fingerprint density at radius 3 is 2.84 bits per heavy atom. The van der Waals surface area contributed by atoms with E-state index < -0.39 is 0 Å². The van der Waals surface area contributed by atoms with E-state index >= 15 is 0 Å². The van der Waals surface area contributed by atoms with Crippen molar-refractivity contribution in [1.29, 1.82) is 0 Å². The van der Waals surface area contributed by atoms with Gasteiger partial charge < -0.3 is 0 Å². The first-order chi connectivity index (χ1) is 9.15. The number of hydrogen-bond acceptors (Lipinski definition) is 3. The number of nitrogens with one attached hydrogen (secondary N) is 1. The summed E-state index contributed by atoms with van der Waals surface area (Å²) < 4.78 is 0. The number of rotatable bonds is 5. The minimum atomic E-state index is -0.159. The Kier molecular flexibility index (Phi) is 5.82. The van der Waals surface area contributed by atoms with Crippen molar-refractivity contribution in [3.8, 4) is 0 Å². The Hall–Kier alpha value is -0.420. The third-order valence-electron chi connectivity index (χ3n) is 2.89. The third kappa shape index (κ3) is 4.88. The van der Waals surface area contributed by atoms with Crippen LogP contribution in [0.1, 0.15) is 25.7 Å². The molecular formula is C13H15Cl2NO2S. The second kappa shape index (κ2) is 7.39. The van der Waals surface area contributed by atoms with Crippen LogP contribution in [-0.2, 0) is 9.63 Å². The fourth-order valence-electron chi connectivity index (χ4n) is 1.92. The van der Waals surface area contributed by atoms with E-state index in [1.807, 2.05) is 0 Å². The fourth-order valence-corrected chi connectivity index (χ4v) is 3.20. The number of thioether (sulfide) groups is 1. The van der Waals surface area contributed by atoms with Gasteiger partial charge in [-0.3, -0.25) is 9.63 Å². The van der Waals surface area contributed by atoms with Gasteiger partial charge in [0.2, 0.25) is 0 Å². The van der Waals surface area contributed by atoms with E-state index in [1.165, 1.54) is 24.6 Å². The van der Waals surface area contributed by atoms with Crippen LogP contribution >= 0.6 is 35.0 Å². The van der Waals surface area contributed by atoms with Gasteiger partial charge in [0.1, 0.15) is 0 Å². The summed E-state index contributed by atoms with van der Waals surface area (Å²) in [6, 6.07) is 5.19. The number of amides is 1. The highest BCUT2D eigenvalue weighted by atomic mass is 35.5. The second-order valence-electron chi connectivity index (χ2n) is 4.41. The lowest BCUT2D eigenvalue weighted by atomic mass is 10.3. The van der Waals surface area contributed by atoms with Crippen molar-refractivity contribution in [3.63, 3.8) is 0 Å². The van der Waals surface area contributed by atoms with Crippen LogP contribution in [0.2, 0.25) is 10.0 Å². The van der Waals surface area contributed by atoms with Crippen molar-refractivity contribution in [2.45, 2.75) is 36.7 Å². The summed E-state index contributed by atoms with van der Waals surface area (Å²) in [4.78, 5) is 17.8. The zero-order valence-corrected chi connectivity index (χ0v) is 12.7. The highest BCUT2D eigenvalue weighted by molar-refractivity contribution is 8.00. The number of hydroxylamine groups is 1. The molecule has 6 heteroatoms. The fraction of sp³-hybridized carbons (Fsp3) is 0.462. The smallest absolute Gasteiger partial charge is 0.253 e. The Bertz CT molecular complexity index is 450. The predicted molar refractivity (Wildman–Crippen MR) is 78.7 cm³/mol. The molecule has 1 saturated carbocycles. The van der Waals surface area contributed by atoms with E-state index in [1.54, 1.807) is 18.2 Å². The van der Waals surface area contributed by atoms with Gasteiger partial charge >= 0.3 is 0 Å². The standard InChI is InChI=1S/C13H15Cl2NO2S/c14-9-5-6-11(15)12(7-9)19-8-13(17)16-18-10-3-1-2-4-10/h5-7,10H,1-4,8H2,(H,16,17). The number of benzene rings is 1. The maximum absolute atomic E-state index is 11.6. The Morgan fingerprint density at radius 2 is 2.11 bits per heavy atom. The van der Waals surface area contributed by atoms with Crippen molar-refractivity contribution >= 4 is 40.9 Å². The van der Waals surface area contributed by atoms with Crippen molar-refractivity contribution < 1.29 is 9.63 Å². The lowest BCUT2D eigenvalue weighted by Crippen LogP contribution is -2.29. The molecule has 0 bridgehead atoms. The summed E-state index contributed by atoms with van der Waals surface area (Å²) in [5, 5.41) is 1.20. The van der Waals surface area contributed by atoms with Crippen LogP contribution in [0.15, 0.2) is 23.1 Å². The number of hydrogen-bond donors (Lipinski definition) is 1. The lowest BCUT2D eigenvalue weighted by Gasteiger charge is -2.11. The lowest BCUT2D eigenvalue weighted by molar-refractivity contribution is -0.135. The molecule has 2 rings (SSSR count). The molecule has 0 aliphatic heterocycles. The highest BCUT2D eigenvalue weighted by Gasteiger charge is 2.17. The average molecular weight is 320 g/mol. The zero-order chi connectivity index (χ0) is 13.7. The molecule has 1 N–H and O–H groups in total. The Balaban J connectivity index is 1.74. The van der Waals surface area contributed by atoms with Crippen LogP contribution in [0, 0.1) is 0 Å². The SMILES string of the molecule is O=C(CSc1cc(Cl)ccc1Cl)NOC1CCCC1. The van der Waals surface area contributed by atoms with E-state index in [4.69, 9.17) is 28.0 Å². The topological polar surface area (TPSA) is 38.3 Å². The molecule has 1 aromatic rings. The Labute approximate surface area is 126 Å². The summed E-state index contributed by atoms with van der Waals surface area (Å²) in [6.45, 7) is 0. The first-order valence-corrected chi connectivity index (χ1v) is 7.91. The minimum absolute atomic E-state index is 0.159. The van der Waals surface area contributed by atoms with Gasteiger partial charge in [-0.05, 0) is 31.0 Å². The van der Waals surface area contributed by atoms with Gasteiger partial charge in [-0.1, -0.05) is 36.0 Å². The van der Waals surface area contributed by atoms with Crippen molar-refractivity contribution in [2.75, 3.05) is 5.75 Å². The molecule has 1 aliphatic rings. The number of carbonyl (C=O) groups excluding carboxylic acids is 1. The van der Waals surface area contributed by atoms with E-state index in [0.29, 0.717) is 10.0 Å². The molecule has 0 atom stereocenters. The highest BCUT2D eigenvalue weighted by Crippen LogP contribution is 2.29. The monoisotopic (exact) mass is 319 g/mol. The van der Waals surface area contributed by atoms with Gasteiger partial charge in [-0.25, -0.2) is 5.48 Å². The summed E-state index contributed by atoms with van der Waals surface area (Å²) in [6.07, 6.45) is 4.56. The first kappa shape index (κ1) is 15.0. The van der Waals surface area contributed by atoms with Gasteiger partial charge in [0.25, 0.3) is 5.91 Å². The van der Waals surface area contributed by atoms with Crippen LogP contribution in [0.4, 0.5) is 0 Å². The molecule has 0 radical (unpaired) electrons. The molecule has 0 aromatic heterocycles. The van der Waals surface area contributed by atoms with E-state index in [2.05, 4.69) is 5.48 Å². The number of carbonyl (C=O) groups is 1. The van der Waals surface area contributed by atoms with Gasteiger partial charge in [-0.15, -0.1) is 11.8 Å². The average Bonchev–Trinajstić information content (AvgIpc) is 2.90. The molecule has 0 saturated heterocycles. The molecule has 1 aliphatic carbocycles. The molecule has 3 nitrogen and oxygen atoms in total. The molecule has 0 spiro atoms. The summed E-state index contributed by atoms with van der Waals surface area (Å²) in [7, 11) is 0. The van der Waals surface area contributed by atoms with Gasteiger partial charge in [-0.2, -0.15) is 0 Å². The quantitative estimate of drug-likeness (QED) is 0.656. The minimum Gasteiger partial charge on any atom is -0.272 e. The maximum Gasteiger partial charge on any atom is 0.253 e. The third-order valence-corrected chi connectivity index (χ3v) is 4.63. The molecule has 1 fully saturated rings. The normalized spacial score (nSPS) is 15.7.